The summed E-state index contributed by atoms with van der Waals surface area (Å²) >= 11 is 0. The number of aliphatic carboxylic acids is 1. The number of rotatable bonds is 5. The number of allylic oxidation sites excluding steroid dienone is 4. The van der Waals surface area contributed by atoms with Gasteiger partial charge in [-0.2, -0.15) is 0 Å². The fourth-order valence-electron chi connectivity index (χ4n) is 4.45. The molecule has 0 amide bonds. The molecule has 0 heterocycles. The van der Waals surface area contributed by atoms with Crippen molar-refractivity contribution in [2.24, 2.45) is 29.1 Å². The Hall–Kier alpha value is -2.16. The molecule has 1 N–H and O–H groups in total. The number of carboxylic acid groups (broad SMARTS) is 1. The van der Waals surface area contributed by atoms with Crippen molar-refractivity contribution in [1.29, 1.82) is 0 Å². The van der Waals surface area contributed by atoms with Crippen molar-refractivity contribution in [3.63, 3.8) is 0 Å². The predicted octanol–water partition coefficient (Wildman–Crippen LogP) is 5.48. The molecule has 1 aliphatic rings. The summed E-state index contributed by atoms with van der Waals surface area (Å²) in [5.74, 6) is -1.93. The summed E-state index contributed by atoms with van der Waals surface area (Å²) in [4.78, 5) is 25.1. The zero-order valence-electron chi connectivity index (χ0n) is 16.6. The maximum atomic E-state index is 13.3. The summed E-state index contributed by atoms with van der Waals surface area (Å²) in [6.07, 6.45) is 6.04. The monoisotopic (exact) mass is 354 g/mol. The third kappa shape index (κ3) is 3.40. The van der Waals surface area contributed by atoms with Crippen molar-refractivity contribution in [3.05, 3.63) is 53.6 Å². The number of carbonyl (C=O) groups excluding carboxylic acids is 1. The fourth-order valence-corrected chi connectivity index (χ4v) is 4.45. The Kier molecular flexibility index (Phi) is 5.90. The van der Waals surface area contributed by atoms with Gasteiger partial charge in [-0.1, -0.05) is 70.2 Å². The second kappa shape index (κ2) is 7.61. The van der Waals surface area contributed by atoms with E-state index < -0.39 is 17.8 Å². The van der Waals surface area contributed by atoms with Crippen LogP contribution in [0.1, 0.15) is 57.5 Å². The molecule has 2 rings (SSSR count). The molecular weight excluding hydrogens is 324 g/mol. The van der Waals surface area contributed by atoms with Crippen LogP contribution in [0.4, 0.5) is 0 Å². The van der Waals surface area contributed by atoms with E-state index in [1.54, 1.807) is 0 Å². The van der Waals surface area contributed by atoms with Crippen molar-refractivity contribution in [2.75, 3.05) is 0 Å². The summed E-state index contributed by atoms with van der Waals surface area (Å²) in [7, 11) is 0. The first-order chi connectivity index (χ1) is 12.2. The smallest absolute Gasteiger partial charge is 0.307 e. The lowest BCUT2D eigenvalue weighted by atomic mass is 9.71. The lowest BCUT2D eigenvalue weighted by Crippen LogP contribution is -2.35. The zero-order valence-corrected chi connectivity index (χ0v) is 16.6. The summed E-state index contributed by atoms with van der Waals surface area (Å²) < 4.78 is 0. The van der Waals surface area contributed by atoms with E-state index in [2.05, 4.69) is 6.92 Å². The Morgan fingerprint density at radius 3 is 2.04 bits per heavy atom. The molecule has 4 unspecified atom stereocenters. The number of benzene rings is 1. The number of ketones is 1. The largest absolute Gasteiger partial charge is 0.481 e. The van der Waals surface area contributed by atoms with Gasteiger partial charge in [0.2, 0.25) is 0 Å². The average Bonchev–Trinajstić information content (AvgIpc) is 2.79. The highest BCUT2D eigenvalue weighted by Crippen LogP contribution is 2.55. The maximum absolute atomic E-state index is 13.3. The highest BCUT2D eigenvalue weighted by atomic mass is 16.4. The van der Waals surface area contributed by atoms with Crippen LogP contribution in [0.15, 0.2) is 42.5 Å². The molecule has 1 aromatic rings. The summed E-state index contributed by atoms with van der Waals surface area (Å²) in [6, 6.07) is 7.53. The normalized spacial score (nSPS) is 28.5. The summed E-state index contributed by atoms with van der Waals surface area (Å²) in [5.41, 5.74) is 2.38. The Balaban J connectivity index is 2.39. The molecule has 1 fully saturated rings. The number of Topliss-reactive ketones (excluding diaryl/α,β-unsaturated/α-hetero) is 1. The molecule has 3 heteroatoms. The molecule has 0 bridgehead atoms. The SMILES string of the molecule is C/C=C\C(=C/C)c1ccc(C(=O)C2C(C(=O)O)C(C)C(C)C2(C)C)cc1. The van der Waals surface area contributed by atoms with Crippen molar-refractivity contribution in [2.45, 2.75) is 41.5 Å². The van der Waals surface area contributed by atoms with Gasteiger partial charge in [0.05, 0.1) is 5.92 Å². The van der Waals surface area contributed by atoms with Gasteiger partial charge in [0.25, 0.3) is 0 Å². The molecule has 1 saturated carbocycles. The van der Waals surface area contributed by atoms with Gasteiger partial charge >= 0.3 is 5.97 Å². The van der Waals surface area contributed by atoms with Crippen LogP contribution in [0.2, 0.25) is 0 Å². The maximum Gasteiger partial charge on any atom is 0.307 e. The lowest BCUT2D eigenvalue weighted by molar-refractivity contribution is -0.144. The van der Waals surface area contributed by atoms with E-state index in [-0.39, 0.29) is 23.0 Å². The molecule has 0 aromatic heterocycles. The third-order valence-electron chi connectivity index (χ3n) is 6.42. The average molecular weight is 354 g/mol. The van der Waals surface area contributed by atoms with E-state index in [1.165, 1.54) is 0 Å². The second-order valence-corrected chi connectivity index (χ2v) is 8.00. The topological polar surface area (TPSA) is 54.4 Å². The van der Waals surface area contributed by atoms with Crippen molar-refractivity contribution in [3.8, 4) is 0 Å². The van der Waals surface area contributed by atoms with Crippen LogP contribution >= 0.6 is 0 Å². The first kappa shape index (κ1) is 20.2. The molecule has 0 saturated heterocycles. The summed E-state index contributed by atoms with van der Waals surface area (Å²) in [5, 5.41) is 9.74. The van der Waals surface area contributed by atoms with Crippen LogP contribution in [-0.2, 0) is 4.79 Å². The van der Waals surface area contributed by atoms with E-state index in [0.717, 1.165) is 11.1 Å². The van der Waals surface area contributed by atoms with Crippen LogP contribution in [0.3, 0.4) is 0 Å². The van der Waals surface area contributed by atoms with E-state index >= 15 is 0 Å². The number of hydrogen-bond acceptors (Lipinski definition) is 2. The lowest BCUT2D eigenvalue weighted by Gasteiger charge is -2.31. The highest BCUT2D eigenvalue weighted by molar-refractivity contribution is 6.01. The minimum absolute atomic E-state index is 0.0277. The van der Waals surface area contributed by atoms with E-state index in [4.69, 9.17) is 0 Å². The molecule has 140 valence electrons. The minimum atomic E-state index is -0.866. The first-order valence-electron chi connectivity index (χ1n) is 9.33. The van der Waals surface area contributed by atoms with Crippen molar-refractivity contribution in [1.82, 2.24) is 0 Å². The molecule has 1 aliphatic carbocycles. The number of carboxylic acids is 1. The Bertz CT molecular complexity index is 737. The summed E-state index contributed by atoms with van der Waals surface area (Å²) in [6.45, 7) is 12.0. The van der Waals surface area contributed by atoms with Crippen LogP contribution in [0.25, 0.3) is 5.57 Å². The Morgan fingerprint density at radius 1 is 1.04 bits per heavy atom. The Labute approximate surface area is 156 Å². The second-order valence-electron chi connectivity index (χ2n) is 8.00. The molecule has 0 spiro atoms. The molecule has 4 atom stereocenters. The van der Waals surface area contributed by atoms with E-state index in [1.807, 2.05) is 77.1 Å². The van der Waals surface area contributed by atoms with Crippen molar-refractivity contribution >= 4 is 17.3 Å². The quantitative estimate of drug-likeness (QED) is 0.563. The van der Waals surface area contributed by atoms with Gasteiger partial charge in [0, 0.05) is 11.5 Å². The third-order valence-corrected chi connectivity index (χ3v) is 6.42. The standard InChI is InChI=1S/C23H30O3/c1-7-9-16(8-2)17-10-12-18(13-11-17)21(24)20-19(22(25)26)14(3)15(4)23(20,5)6/h7-15,19-20H,1-6H3,(H,25,26)/b9-7-,16-8+. The molecule has 1 aromatic carbocycles. The van der Waals surface area contributed by atoms with E-state index in [9.17, 15) is 14.7 Å². The van der Waals surface area contributed by atoms with Gasteiger partial charge < -0.3 is 5.11 Å². The van der Waals surface area contributed by atoms with Crippen LogP contribution < -0.4 is 0 Å². The molecule has 0 radical (unpaired) electrons. The molecule has 0 aliphatic heterocycles. The zero-order chi connectivity index (χ0) is 19.6. The van der Waals surface area contributed by atoms with Crippen LogP contribution in [0.5, 0.6) is 0 Å². The van der Waals surface area contributed by atoms with Gasteiger partial charge in [-0.05, 0) is 42.2 Å². The Morgan fingerprint density at radius 2 is 1.58 bits per heavy atom. The van der Waals surface area contributed by atoms with Crippen LogP contribution in [0, 0.1) is 29.1 Å². The van der Waals surface area contributed by atoms with Gasteiger partial charge in [-0.25, -0.2) is 0 Å². The minimum Gasteiger partial charge on any atom is -0.481 e. The fraction of sp³-hybridized carbons (Fsp3) is 0.478. The number of hydrogen-bond donors (Lipinski definition) is 1. The highest BCUT2D eigenvalue weighted by Gasteiger charge is 2.57. The van der Waals surface area contributed by atoms with Crippen molar-refractivity contribution < 1.29 is 14.7 Å². The molecule has 26 heavy (non-hydrogen) atoms. The molecule has 3 nitrogen and oxygen atoms in total. The van der Waals surface area contributed by atoms with Gasteiger partial charge in [0.1, 0.15) is 0 Å². The van der Waals surface area contributed by atoms with Gasteiger partial charge in [0.15, 0.2) is 5.78 Å². The van der Waals surface area contributed by atoms with Gasteiger partial charge in [-0.15, -0.1) is 0 Å². The number of carbonyl (C=O) groups is 2. The van der Waals surface area contributed by atoms with Gasteiger partial charge in [-0.3, -0.25) is 9.59 Å². The first-order valence-corrected chi connectivity index (χ1v) is 9.33. The van der Waals surface area contributed by atoms with Crippen LogP contribution in [-0.4, -0.2) is 16.9 Å². The molecular formula is C23H30O3. The predicted molar refractivity (Wildman–Crippen MR) is 106 cm³/mol. The van der Waals surface area contributed by atoms with E-state index in [0.29, 0.717) is 5.56 Å².